The molecule has 1 aromatic rings. The van der Waals surface area contributed by atoms with E-state index in [4.69, 9.17) is 4.74 Å². The second-order valence-electron chi connectivity index (χ2n) is 4.41. The van der Waals surface area contributed by atoms with Crippen LogP contribution < -0.4 is 15.0 Å². The minimum Gasteiger partial charge on any atom is -0.467 e. The average molecular weight is 253 g/mol. The molecule has 0 fully saturated rings. The van der Waals surface area contributed by atoms with Crippen molar-refractivity contribution < 1.29 is 4.74 Å². The highest BCUT2D eigenvalue weighted by molar-refractivity contribution is 5.38. The zero-order valence-corrected chi connectivity index (χ0v) is 11.9. The molecule has 102 valence electrons. The zero-order valence-electron chi connectivity index (χ0n) is 11.9. The topological polar surface area (TPSA) is 63.2 Å². The van der Waals surface area contributed by atoms with Crippen LogP contribution in [0.3, 0.4) is 0 Å². The molecule has 1 N–H and O–H groups in total. The molecule has 0 aromatic carbocycles. The lowest BCUT2D eigenvalue weighted by Gasteiger charge is -2.23. The Balaban J connectivity index is 3.00. The van der Waals surface area contributed by atoms with E-state index in [0.717, 1.165) is 19.6 Å². The van der Waals surface area contributed by atoms with Gasteiger partial charge < -0.3 is 15.0 Å². The monoisotopic (exact) mass is 253 g/mol. The number of hydrogen-bond acceptors (Lipinski definition) is 6. The lowest BCUT2D eigenvalue weighted by Crippen LogP contribution is -2.29. The third-order valence-electron chi connectivity index (χ3n) is 2.37. The number of ether oxygens (including phenoxy) is 1. The van der Waals surface area contributed by atoms with Gasteiger partial charge in [0.15, 0.2) is 0 Å². The number of aromatic nitrogens is 3. The van der Waals surface area contributed by atoms with Crippen LogP contribution in [0.15, 0.2) is 0 Å². The number of nitrogens with zero attached hydrogens (tertiary/aromatic N) is 4. The van der Waals surface area contributed by atoms with E-state index in [9.17, 15) is 0 Å². The molecule has 0 aliphatic heterocycles. The van der Waals surface area contributed by atoms with Crippen LogP contribution in [0.4, 0.5) is 11.9 Å². The lowest BCUT2D eigenvalue weighted by molar-refractivity contribution is 0.378. The highest BCUT2D eigenvalue weighted by atomic mass is 16.5. The summed E-state index contributed by atoms with van der Waals surface area (Å²) < 4.78 is 5.11. The molecule has 1 rings (SSSR count). The molecule has 0 aliphatic rings. The average Bonchev–Trinajstić information content (AvgIpc) is 2.35. The Labute approximate surface area is 109 Å². The van der Waals surface area contributed by atoms with Crippen molar-refractivity contribution in [2.24, 2.45) is 5.92 Å². The van der Waals surface area contributed by atoms with Crippen LogP contribution in [0, 0.1) is 5.92 Å². The maximum atomic E-state index is 5.11. The third kappa shape index (κ3) is 4.01. The van der Waals surface area contributed by atoms with Gasteiger partial charge in [-0.25, -0.2) is 0 Å². The van der Waals surface area contributed by atoms with Crippen LogP contribution in [0.1, 0.15) is 27.7 Å². The fourth-order valence-corrected chi connectivity index (χ4v) is 1.61. The first-order valence-electron chi connectivity index (χ1n) is 6.39. The minimum atomic E-state index is 0.346. The largest absolute Gasteiger partial charge is 0.467 e. The van der Waals surface area contributed by atoms with Gasteiger partial charge in [0.25, 0.3) is 0 Å². The standard InChI is InChI=1S/C12H23N5O/c1-6-13-10-14-11(16-12(15-10)18-5)17(7-2)8-9(3)4/h9H,6-8H2,1-5H3,(H,13,14,15,16). The van der Waals surface area contributed by atoms with Crippen molar-refractivity contribution in [3.05, 3.63) is 0 Å². The maximum absolute atomic E-state index is 5.11. The number of nitrogens with one attached hydrogen (secondary N) is 1. The smallest absolute Gasteiger partial charge is 0.322 e. The Morgan fingerprint density at radius 3 is 2.44 bits per heavy atom. The van der Waals surface area contributed by atoms with Gasteiger partial charge in [0.05, 0.1) is 7.11 Å². The van der Waals surface area contributed by atoms with E-state index in [1.54, 1.807) is 7.11 Å². The predicted octanol–water partition coefficient (Wildman–Crippen LogP) is 1.79. The molecule has 0 saturated carbocycles. The van der Waals surface area contributed by atoms with Crippen molar-refractivity contribution in [2.45, 2.75) is 27.7 Å². The normalized spacial score (nSPS) is 10.6. The number of methoxy groups -OCH3 is 1. The summed E-state index contributed by atoms with van der Waals surface area (Å²) in [6, 6.07) is 0.346. The van der Waals surface area contributed by atoms with Crippen LogP contribution in [0.25, 0.3) is 0 Å². The third-order valence-corrected chi connectivity index (χ3v) is 2.37. The molecule has 0 radical (unpaired) electrons. The van der Waals surface area contributed by atoms with Crippen molar-refractivity contribution in [1.29, 1.82) is 0 Å². The molecule has 0 amide bonds. The molecule has 0 bridgehead atoms. The summed E-state index contributed by atoms with van der Waals surface area (Å²) >= 11 is 0. The quantitative estimate of drug-likeness (QED) is 0.799. The van der Waals surface area contributed by atoms with Crippen LogP contribution >= 0.6 is 0 Å². The van der Waals surface area contributed by atoms with E-state index in [-0.39, 0.29) is 0 Å². The molecule has 0 aliphatic carbocycles. The van der Waals surface area contributed by atoms with E-state index in [1.807, 2.05) is 6.92 Å². The molecular formula is C12H23N5O. The van der Waals surface area contributed by atoms with Crippen molar-refractivity contribution >= 4 is 11.9 Å². The van der Waals surface area contributed by atoms with Gasteiger partial charge >= 0.3 is 6.01 Å². The Hall–Kier alpha value is -1.59. The van der Waals surface area contributed by atoms with E-state index < -0.39 is 0 Å². The first kappa shape index (κ1) is 14.5. The first-order chi connectivity index (χ1) is 8.60. The summed E-state index contributed by atoms with van der Waals surface area (Å²) in [6.07, 6.45) is 0. The van der Waals surface area contributed by atoms with Gasteiger partial charge in [-0.1, -0.05) is 13.8 Å². The van der Waals surface area contributed by atoms with Gasteiger partial charge in [0, 0.05) is 19.6 Å². The maximum Gasteiger partial charge on any atom is 0.322 e. The minimum absolute atomic E-state index is 0.346. The predicted molar refractivity (Wildman–Crippen MR) is 73.3 cm³/mol. The van der Waals surface area contributed by atoms with E-state index in [0.29, 0.717) is 23.8 Å². The van der Waals surface area contributed by atoms with Crippen LogP contribution in [0.2, 0.25) is 0 Å². The zero-order chi connectivity index (χ0) is 13.5. The molecule has 6 heteroatoms. The molecule has 0 unspecified atom stereocenters. The Morgan fingerprint density at radius 2 is 1.94 bits per heavy atom. The van der Waals surface area contributed by atoms with Gasteiger partial charge in [0.2, 0.25) is 11.9 Å². The van der Waals surface area contributed by atoms with E-state index >= 15 is 0 Å². The molecular weight excluding hydrogens is 230 g/mol. The van der Waals surface area contributed by atoms with Gasteiger partial charge in [-0.3, -0.25) is 0 Å². The summed E-state index contributed by atoms with van der Waals surface area (Å²) in [4.78, 5) is 15.0. The number of anilines is 2. The van der Waals surface area contributed by atoms with Crippen LogP contribution in [-0.4, -0.2) is 41.7 Å². The van der Waals surface area contributed by atoms with Crippen molar-refractivity contribution in [3.63, 3.8) is 0 Å². The lowest BCUT2D eigenvalue weighted by atomic mass is 10.2. The van der Waals surface area contributed by atoms with Gasteiger partial charge in [-0.05, 0) is 19.8 Å². The summed E-state index contributed by atoms with van der Waals surface area (Å²) in [5.74, 6) is 1.77. The van der Waals surface area contributed by atoms with Gasteiger partial charge in [0.1, 0.15) is 0 Å². The molecule has 1 aromatic heterocycles. The highest BCUT2D eigenvalue weighted by Crippen LogP contribution is 2.15. The SMILES string of the molecule is CCNc1nc(OC)nc(N(CC)CC(C)C)n1. The van der Waals surface area contributed by atoms with E-state index in [1.165, 1.54) is 0 Å². The number of rotatable bonds is 7. The first-order valence-corrected chi connectivity index (χ1v) is 6.39. The Morgan fingerprint density at radius 1 is 1.22 bits per heavy atom. The molecule has 6 nitrogen and oxygen atoms in total. The van der Waals surface area contributed by atoms with Crippen LogP contribution in [0.5, 0.6) is 6.01 Å². The summed E-state index contributed by atoms with van der Waals surface area (Å²) in [7, 11) is 1.56. The molecule has 0 atom stereocenters. The summed E-state index contributed by atoms with van der Waals surface area (Å²) in [5.41, 5.74) is 0. The second kappa shape index (κ2) is 6.98. The molecule has 1 heterocycles. The molecule has 0 spiro atoms. The van der Waals surface area contributed by atoms with Crippen molar-refractivity contribution in [1.82, 2.24) is 15.0 Å². The Bertz CT molecular complexity index is 369. The van der Waals surface area contributed by atoms with Gasteiger partial charge in [-0.15, -0.1) is 0 Å². The van der Waals surface area contributed by atoms with E-state index in [2.05, 4.69) is 45.9 Å². The van der Waals surface area contributed by atoms with Crippen LogP contribution in [-0.2, 0) is 0 Å². The Kier molecular flexibility index (Phi) is 5.61. The van der Waals surface area contributed by atoms with Crippen molar-refractivity contribution in [3.8, 4) is 6.01 Å². The summed E-state index contributed by atoms with van der Waals surface area (Å²) in [5, 5.41) is 3.09. The molecule has 18 heavy (non-hydrogen) atoms. The highest BCUT2D eigenvalue weighted by Gasteiger charge is 2.13. The number of hydrogen-bond donors (Lipinski definition) is 1. The fraction of sp³-hybridized carbons (Fsp3) is 0.750. The summed E-state index contributed by atoms with van der Waals surface area (Å²) in [6.45, 7) is 11.0. The second-order valence-corrected chi connectivity index (χ2v) is 4.41. The van der Waals surface area contributed by atoms with Gasteiger partial charge in [-0.2, -0.15) is 15.0 Å². The fourth-order valence-electron chi connectivity index (χ4n) is 1.61. The molecule has 0 saturated heterocycles. The van der Waals surface area contributed by atoms with Crippen molar-refractivity contribution in [2.75, 3.05) is 37.0 Å².